The Morgan fingerprint density at radius 1 is 1.09 bits per heavy atom. The summed E-state index contributed by atoms with van der Waals surface area (Å²) in [6.45, 7) is 6.00. The van der Waals surface area contributed by atoms with Gasteiger partial charge in [0.15, 0.2) is 0 Å². The van der Waals surface area contributed by atoms with Crippen LogP contribution in [0.3, 0.4) is 0 Å². The first-order valence-electron chi connectivity index (χ1n) is 8.27. The number of rotatable bonds is 9. The van der Waals surface area contributed by atoms with E-state index in [0.717, 1.165) is 36.5 Å². The zero-order valence-electron chi connectivity index (χ0n) is 13.8. The fourth-order valence-electron chi connectivity index (χ4n) is 3.06. The van der Waals surface area contributed by atoms with Crippen LogP contribution < -0.4 is 11.1 Å². The lowest BCUT2D eigenvalue weighted by atomic mass is 10.0. The van der Waals surface area contributed by atoms with Gasteiger partial charge >= 0.3 is 0 Å². The van der Waals surface area contributed by atoms with Crippen molar-refractivity contribution in [3.05, 3.63) is 22.7 Å². The minimum Gasteiger partial charge on any atom is -0.395 e. The third kappa shape index (κ3) is 4.27. The van der Waals surface area contributed by atoms with Crippen molar-refractivity contribution in [3.63, 3.8) is 0 Å². The van der Waals surface area contributed by atoms with E-state index < -0.39 is 0 Å². The fraction of sp³-hybridized carbons (Fsp3) is 0.647. The van der Waals surface area contributed by atoms with Gasteiger partial charge in [0.2, 0.25) is 0 Å². The van der Waals surface area contributed by atoms with E-state index in [0.29, 0.717) is 12.4 Å². The molecule has 0 radical (unpaired) electrons. The molecule has 5 nitrogen and oxygen atoms in total. The van der Waals surface area contributed by atoms with Gasteiger partial charge in [0.1, 0.15) is 11.6 Å². The molecular formula is C17H28N4O. The maximum absolute atomic E-state index is 8.69. The van der Waals surface area contributed by atoms with Crippen LogP contribution in [0, 0.1) is 6.92 Å². The molecule has 2 rings (SSSR count). The number of allylic oxidation sites excluding steroid dienone is 2. The molecule has 0 amide bonds. The van der Waals surface area contributed by atoms with Gasteiger partial charge in [-0.15, -0.1) is 0 Å². The molecule has 1 aromatic heterocycles. The summed E-state index contributed by atoms with van der Waals surface area (Å²) in [6.07, 6.45) is 6.80. The van der Waals surface area contributed by atoms with Crippen molar-refractivity contribution in [1.29, 1.82) is 0 Å². The van der Waals surface area contributed by atoms with Crippen molar-refractivity contribution in [2.45, 2.75) is 52.4 Å². The lowest BCUT2D eigenvalue weighted by molar-refractivity contribution is 0.292. The third-order valence-electron chi connectivity index (χ3n) is 4.21. The molecule has 0 unspecified atom stereocenters. The van der Waals surface area contributed by atoms with E-state index in [1.807, 2.05) is 6.92 Å². The summed E-state index contributed by atoms with van der Waals surface area (Å²) in [5.41, 5.74) is 11.0. The topological polar surface area (TPSA) is 84.1 Å². The first-order chi connectivity index (χ1) is 10.6. The number of nitrogens with zero attached hydrogens (tertiary/aromatic N) is 2. The number of nitrogens with two attached hydrogens (primary N) is 1. The van der Waals surface area contributed by atoms with Crippen LogP contribution in [0.5, 0.6) is 0 Å². The maximum Gasteiger partial charge on any atom is 0.131 e. The van der Waals surface area contributed by atoms with Gasteiger partial charge in [-0.05, 0) is 51.6 Å². The first-order valence-corrected chi connectivity index (χ1v) is 8.27. The number of unbranched alkanes of at least 4 members (excludes halogenated alkanes) is 3. The lowest BCUT2D eigenvalue weighted by Crippen LogP contribution is -2.19. The molecule has 0 saturated heterocycles. The van der Waals surface area contributed by atoms with Crippen molar-refractivity contribution < 1.29 is 5.11 Å². The smallest absolute Gasteiger partial charge is 0.131 e. The van der Waals surface area contributed by atoms with Crippen LogP contribution in [0.15, 0.2) is 5.57 Å². The predicted octanol–water partition coefficient (Wildman–Crippen LogP) is 2.23. The van der Waals surface area contributed by atoms with Crippen LogP contribution in [0.4, 0.5) is 5.82 Å². The molecule has 0 saturated carbocycles. The standard InChI is InChI=1S/C17H28N4O/c1-12-11-15-16(20-13(2)21-17(15)18)14(12)7-5-3-4-6-8-19-9-10-22/h19,22H,3-11H2,1-2H3,(H2,18,20,21). The molecule has 22 heavy (non-hydrogen) atoms. The van der Waals surface area contributed by atoms with Crippen LogP contribution >= 0.6 is 0 Å². The molecule has 5 heteroatoms. The first kappa shape index (κ1) is 16.9. The molecule has 0 aliphatic heterocycles. The Morgan fingerprint density at radius 3 is 2.64 bits per heavy atom. The van der Waals surface area contributed by atoms with Crippen LogP contribution in [0.25, 0.3) is 5.57 Å². The van der Waals surface area contributed by atoms with Crippen LogP contribution in [-0.2, 0) is 6.42 Å². The second-order valence-electron chi connectivity index (χ2n) is 6.06. The molecule has 0 fully saturated rings. The van der Waals surface area contributed by atoms with Crippen molar-refractivity contribution in [1.82, 2.24) is 15.3 Å². The highest BCUT2D eigenvalue weighted by atomic mass is 16.3. The summed E-state index contributed by atoms with van der Waals surface area (Å²) < 4.78 is 0. The molecular weight excluding hydrogens is 276 g/mol. The van der Waals surface area contributed by atoms with E-state index in [-0.39, 0.29) is 6.61 Å². The van der Waals surface area contributed by atoms with E-state index in [4.69, 9.17) is 10.8 Å². The highest BCUT2D eigenvalue weighted by molar-refractivity contribution is 5.76. The Balaban J connectivity index is 1.79. The number of anilines is 1. The molecule has 1 aliphatic carbocycles. The van der Waals surface area contributed by atoms with Gasteiger partial charge in [-0.1, -0.05) is 18.4 Å². The number of nitrogen functional groups attached to an aromatic ring is 1. The fourth-order valence-corrected chi connectivity index (χ4v) is 3.06. The number of aromatic nitrogens is 2. The predicted molar refractivity (Wildman–Crippen MR) is 90.5 cm³/mol. The molecule has 1 aromatic rings. The van der Waals surface area contributed by atoms with Gasteiger partial charge in [0.25, 0.3) is 0 Å². The summed E-state index contributed by atoms with van der Waals surface area (Å²) in [5.74, 6) is 1.41. The Hall–Kier alpha value is -1.46. The molecule has 0 atom stereocenters. The Kier molecular flexibility index (Phi) is 6.34. The number of hydrogen-bond donors (Lipinski definition) is 3. The van der Waals surface area contributed by atoms with Crippen molar-refractivity contribution >= 4 is 11.4 Å². The summed E-state index contributed by atoms with van der Waals surface area (Å²) in [5, 5.41) is 11.9. The van der Waals surface area contributed by atoms with E-state index in [1.165, 1.54) is 36.8 Å². The molecule has 4 N–H and O–H groups in total. The quantitative estimate of drug-likeness (QED) is 0.609. The van der Waals surface area contributed by atoms with Gasteiger partial charge in [-0.2, -0.15) is 0 Å². The second kappa shape index (κ2) is 8.25. The number of aliphatic hydroxyl groups excluding tert-OH is 1. The molecule has 0 aromatic carbocycles. The number of hydrogen-bond acceptors (Lipinski definition) is 5. The molecule has 1 aliphatic rings. The molecule has 0 spiro atoms. The van der Waals surface area contributed by atoms with Gasteiger partial charge in [0.05, 0.1) is 12.3 Å². The summed E-state index contributed by atoms with van der Waals surface area (Å²) >= 11 is 0. The van der Waals surface area contributed by atoms with Crippen LogP contribution in [-0.4, -0.2) is 34.8 Å². The second-order valence-corrected chi connectivity index (χ2v) is 6.06. The molecule has 122 valence electrons. The number of aliphatic hydroxyl groups is 1. The minimum atomic E-state index is 0.219. The van der Waals surface area contributed by atoms with E-state index in [1.54, 1.807) is 0 Å². The van der Waals surface area contributed by atoms with E-state index in [9.17, 15) is 0 Å². The van der Waals surface area contributed by atoms with Gasteiger partial charge in [0, 0.05) is 12.1 Å². The largest absolute Gasteiger partial charge is 0.395 e. The molecule has 1 heterocycles. The summed E-state index contributed by atoms with van der Waals surface area (Å²) in [7, 11) is 0. The number of aryl methyl sites for hydroxylation is 1. The highest BCUT2D eigenvalue weighted by Gasteiger charge is 2.23. The Labute approximate surface area is 133 Å². The van der Waals surface area contributed by atoms with Crippen molar-refractivity contribution in [2.75, 3.05) is 25.4 Å². The normalized spacial score (nSPS) is 13.8. The summed E-state index contributed by atoms with van der Waals surface area (Å²) in [6, 6.07) is 0. The average Bonchev–Trinajstić information content (AvgIpc) is 2.79. The zero-order valence-corrected chi connectivity index (χ0v) is 13.8. The average molecular weight is 304 g/mol. The van der Waals surface area contributed by atoms with E-state index in [2.05, 4.69) is 22.2 Å². The monoisotopic (exact) mass is 304 g/mol. The van der Waals surface area contributed by atoms with Crippen molar-refractivity contribution in [3.8, 4) is 0 Å². The number of fused-ring (bicyclic) bond motifs is 1. The SMILES string of the molecule is CC1=C(CCCCCCNCCO)c2nc(C)nc(N)c2C1. The van der Waals surface area contributed by atoms with Crippen molar-refractivity contribution in [2.24, 2.45) is 0 Å². The van der Waals surface area contributed by atoms with Crippen LogP contribution in [0.1, 0.15) is 56.1 Å². The van der Waals surface area contributed by atoms with Gasteiger partial charge in [-0.25, -0.2) is 9.97 Å². The van der Waals surface area contributed by atoms with Gasteiger partial charge < -0.3 is 16.2 Å². The Morgan fingerprint density at radius 2 is 1.86 bits per heavy atom. The zero-order chi connectivity index (χ0) is 15.9. The third-order valence-corrected chi connectivity index (χ3v) is 4.21. The minimum absolute atomic E-state index is 0.219. The van der Waals surface area contributed by atoms with Crippen LogP contribution in [0.2, 0.25) is 0 Å². The van der Waals surface area contributed by atoms with E-state index >= 15 is 0 Å². The van der Waals surface area contributed by atoms with Gasteiger partial charge in [-0.3, -0.25) is 0 Å². The molecule has 0 bridgehead atoms. The Bertz CT molecular complexity index is 540. The maximum atomic E-state index is 8.69. The lowest BCUT2D eigenvalue weighted by Gasteiger charge is -2.08. The number of nitrogens with one attached hydrogen (secondary N) is 1. The summed E-state index contributed by atoms with van der Waals surface area (Å²) in [4.78, 5) is 8.89. The highest BCUT2D eigenvalue weighted by Crippen LogP contribution is 2.36.